The first kappa shape index (κ1) is 27.0. The molecule has 0 N–H and O–H groups in total. The lowest BCUT2D eigenvalue weighted by molar-refractivity contribution is -0.130. The van der Waals surface area contributed by atoms with Gasteiger partial charge in [-0.05, 0) is 35.9 Å². The van der Waals surface area contributed by atoms with Crippen LogP contribution in [0.5, 0.6) is 11.5 Å². The minimum absolute atomic E-state index is 0.0379. The van der Waals surface area contributed by atoms with Crippen molar-refractivity contribution < 1.29 is 33.4 Å². The van der Waals surface area contributed by atoms with E-state index in [1.807, 2.05) is 6.07 Å². The van der Waals surface area contributed by atoms with E-state index in [0.29, 0.717) is 31.9 Å². The lowest BCUT2D eigenvalue weighted by Gasteiger charge is -2.26. The number of ether oxygens (including phenoxy) is 3. The van der Waals surface area contributed by atoms with E-state index >= 15 is 0 Å². The molecule has 0 radical (unpaired) electrons. The van der Waals surface area contributed by atoms with Gasteiger partial charge in [-0.2, -0.15) is 5.26 Å². The molecule has 1 saturated heterocycles. The van der Waals surface area contributed by atoms with Gasteiger partial charge in [0.1, 0.15) is 11.6 Å². The quantitative estimate of drug-likeness (QED) is 0.109. The molecule has 3 aromatic rings. The number of rotatable bonds is 8. The number of carbonyl (C=O) groups is 4. The van der Waals surface area contributed by atoms with Gasteiger partial charge in [0.2, 0.25) is 11.6 Å². The Labute approximate surface area is 224 Å². The fourth-order valence-corrected chi connectivity index (χ4v) is 3.87. The SMILES string of the molecule is COc1cc(/C=C(\C#N)C(=O)N2CCOCC2)ccc1OC(=O)c1ccc(C(=O)C(=O)c2ccccc2)cc1. The molecule has 3 aromatic carbocycles. The van der Waals surface area contributed by atoms with Gasteiger partial charge < -0.3 is 19.1 Å². The first-order valence-electron chi connectivity index (χ1n) is 12.0. The normalized spacial score (nSPS) is 13.2. The number of methoxy groups -OCH3 is 1. The number of carbonyl (C=O) groups excluding carboxylic acids is 4. The van der Waals surface area contributed by atoms with Crippen molar-refractivity contribution in [1.82, 2.24) is 4.90 Å². The van der Waals surface area contributed by atoms with Gasteiger partial charge in [0, 0.05) is 24.2 Å². The van der Waals surface area contributed by atoms with Gasteiger partial charge in [0.25, 0.3) is 5.91 Å². The minimum atomic E-state index is -0.704. The Morgan fingerprint density at radius 3 is 2.08 bits per heavy atom. The van der Waals surface area contributed by atoms with Gasteiger partial charge in [0.15, 0.2) is 11.5 Å². The zero-order chi connectivity index (χ0) is 27.8. The van der Waals surface area contributed by atoms with Crippen LogP contribution in [-0.2, 0) is 9.53 Å². The molecule has 196 valence electrons. The van der Waals surface area contributed by atoms with Gasteiger partial charge >= 0.3 is 5.97 Å². The van der Waals surface area contributed by atoms with Gasteiger partial charge in [-0.15, -0.1) is 0 Å². The van der Waals surface area contributed by atoms with Crippen LogP contribution < -0.4 is 9.47 Å². The number of nitriles is 1. The summed E-state index contributed by atoms with van der Waals surface area (Å²) in [4.78, 5) is 51.9. The molecule has 0 spiro atoms. The molecule has 4 rings (SSSR count). The predicted octanol–water partition coefficient (Wildman–Crippen LogP) is 3.75. The standard InChI is InChI=1S/C30H24N2O7/c1-37-26-18-20(17-24(19-31)29(35)32-13-15-38-16-14-32)7-12-25(26)39-30(36)23-10-8-22(9-11-23)28(34)27(33)21-5-3-2-4-6-21/h2-12,17-18H,13-16H2,1H3/b24-17+. The molecular formula is C30H24N2O7. The summed E-state index contributed by atoms with van der Waals surface area (Å²) in [6.07, 6.45) is 1.44. The molecule has 0 bridgehead atoms. The van der Waals surface area contributed by atoms with Crippen molar-refractivity contribution in [3.8, 4) is 17.6 Å². The molecule has 9 heteroatoms. The van der Waals surface area contributed by atoms with Crippen molar-refractivity contribution in [2.75, 3.05) is 33.4 Å². The number of benzene rings is 3. The van der Waals surface area contributed by atoms with Crippen LogP contribution in [0.2, 0.25) is 0 Å². The number of Topliss-reactive ketones (excluding diaryl/α,β-unsaturated/α-hetero) is 2. The lowest BCUT2D eigenvalue weighted by Crippen LogP contribution is -2.41. The van der Waals surface area contributed by atoms with Crippen LogP contribution in [0.25, 0.3) is 6.08 Å². The topological polar surface area (TPSA) is 123 Å². The van der Waals surface area contributed by atoms with Crippen molar-refractivity contribution >= 4 is 29.5 Å². The van der Waals surface area contributed by atoms with Crippen LogP contribution >= 0.6 is 0 Å². The van der Waals surface area contributed by atoms with E-state index in [1.54, 1.807) is 47.4 Å². The summed E-state index contributed by atoms with van der Waals surface area (Å²) in [5.74, 6) is -2.08. The average molecular weight is 525 g/mol. The molecule has 0 saturated carbocycles. The second-order valence-corrected chi connectivity index (χ2v) is 8.48. The Bertz CT molecular complexity index is 1470. The number of hydrogen-bond acceptors (Lipinski definition) is 8. The predicted molar refractivity (Wildman–Crippen MR) is 140 cm³/mol. The minimum Gasteiger partial charge on any atom is -0.493 e. The van der Waals surface area contributed by atoms with Crippen LogP contribution in [0.4, 0.5) is 0 Å². The molecule has 9 nitrogen and oxygen atoms in total. The molecule has 1 amide bonds. The molecule has 1 aliphatic heterocycles. The monoisotopic (exact) mass is 524 g/mol. The molecule has 1 aliphatic rings. The maximum Gasteiger partial charge on any atom is 0.343 e. The summed E-state index contributed by atoms with van der Waals surface area (Å²) in [5.41, 5.74) is 1.06. The highest BCUT2D eigenvalue weighted by Crippen LogP contribution is 2.30. The van der Waals surface area contributed by atoms with Crippen LogP contribution in [0.1, 0.15) is 36.6 Å². The van der Waals surface area contributed by atoms with E-state index in [2.05, 4.69) is 0 Å². The van der Waals surface area contributed by atoms with Crippen molar-refractivity contribution in [2.45, 2.75) is 0 Å². The Hall–Kier alpha value is -5.07. The van der Waals surface area contributed by atoms with E-state index in [9.17, 15) is 24.4 Å². The van der Waals surface area contributed by atoms with E-state index in [4.69, 9.17) is 14.2 Å². The number of amides is 1. The number of esters is 1. The summed E-state index contributed by atoms with van der Waals surface area (Å²) >= 11 is 0. The van der Waals surface area contributed by atoms with E-state index < -0.39 is 17.5 Å². The second-order valence-electron chi connectivity index (χ2n) is 8.48. The number of nitrogens with zero attached hydrogens (tertiary/aromatic N) is 2. The summed E-state index contributed by atoms with van der Waals surface area (Å²) in [7, 11) is 1.40. The van der Waals surface area contributed by atoms with Gasteiger partial charge in [0.05, 0.1) is 25.9 Å². The largest absolute Gasteiger partial charge is 0.493 e. The molecular weight excluding hydrogens is 500 g/mol. The molecule has 1 heterocycles. The third-order valence-corrected chi connectivity index (χ3v) is 5.98. The summed E-state index contributed by atoms with van der Waals surface area (Å²) in [6.45, 7) is 1.66. The van der Waals surface area contributed by atoms with Crippen molar-refractivity contribution in [3.05, 3.63) is 101 Å². The highest BCUT2D eigenvalue weighted by atomic mass is 16.6. The van der Waals surface area contributed by atoms with Crippen LogP contribution in [0.15, 0.2) is 78.4 Å². The molecule has 39 heavy (non-hydrogen) atoms. The fraction of sp³-hybridized carbons (Fsp3) is 0.167. The smallest absolute Gasteiger partial charge is 0.343 e. The number of morpholine rings is 1. The van der Waals surface area contributed by atoms with E-state index in [1.165, 1.54) is 43.5 Å². The maximum atomic E-state index is 12.7. The Kier molecular flexibility index (Phi) is 8.61. The number of hydrogen-bond donors (Lipinski definition) is 0. The van der Waals surface area contributed by atoms with Gasteiger partial charge in [-0.25, -0.2) is 4.79 Å². The first-order chi connectivity index (χ1) is 18.9. The van der Waals surface area contributed by atoms with Gasteiger partial charge in [-0.3, -0.25) is 14.4 Å². The summed E-state index contributed by atoms with van der Waals surface area (Å²) in [6, 6.07) is 20.3. The first-order valence-corrected chi connectivity index (χ1v) is 12.0. The van der Waals surface area contributed by atoms with Gasteiger partial charge in [-0.1, -0.05) is 48.5 Å². The summed E-state index contributed by atoms with van der Waals surface area (Å²) < 4.78 is 16.1. The Balaban J connectivity index is 1.46. The van der Waals surface area contributed by atoms with Crippen LogP contribution in [0, 0.1) is 11.3 Å². The van der Waals surface area contributed by atoms with Crippen molar-refractivity contribution in [2.24, 2.45) is 0 Å². The molecule has 0 atom stereocenters. The van der Waals surface area contributed by atoms with Crippen molar-refractivity contribution in [3.63, 3.8) is 0 Å². The van der Waals surface area contributed by atoms with E-state index in [-0.39, 0.29) is 39.7 Å². The molecule has 1 fully saturated rings. The fourth-order valence-electron chi connectivity index (χ4n) is 3.87. The Morgan fingerprint density at radius 2 is 1.46 bits per heavy atom. The maximum absolute atomic E-state index is 12.7. The number of ketones is 2. The van der Waals surface area contributed by atoms with Crippen molar-refractivity contribution in [1.29, 1.82) is 5.26 Å². The molecule has 0 aliphatic carbocycles. The highest BCUT2D eigenvalue weighted by molar-refractivity contribution is 6.49. The Morgan fingerprint density at radius 1 is 0.846 bits per heavy atom. The van der Waals surface area contributed by atoms with E-state index in [0.717, 1.165) is 0 Å². The van der Waals surface area contributed by atoms with Crippen LogP contribution in [0.3, 0.4) is 0 Å². The van der Waals surface area contributed by atoms with Crippen LogP contribution in [-0.4, -0.2) is 61.8 Å². The third kappa shape index (κ3) is 6.44. The highest BCUT2D eigenvalue weighted by Gasteiger charge is 2.22. The summed E-state index contributed by atoms with van der Waals surface area (Å²) in [5, 5.41) is 9.52. The lowest BCUT2D eigenvalue weighted by atomic mass is 10.0. The second kappa shape index (κ2) is 12.4. The molecule has 0 aromatic heterocycles. The third-order valence-electron chi connectivity index (χ3n) is 5.98. The average Bonchev–Trinajstić information content (AvgIpc) is 3.00. The zero-order valence-electron chi connectivity index (χ0n) is 21.1. The zero-order valence-corrected chi connectivity index (χ0v) is 21.1. The molecule has 0 unspecified atom stereocenters.